The Balaban J connectivity index is 1.61. The number of ether oxygens (including phenoxy) is 1. The number of anilines is 1. The fourth-order valence-corrected chi connectivity index (χ4v) is 3.06. The zero-order valence-corrected chi connectivity index (χ0v) is 18.7. The van der Waals surface area contributed by atoms with E-state index in [1.54, 1.807) is 27.3 Å². The quantitative estimate of drug-likeness (QED) is 0.460. The Morgan fingerprint density at radius 3 is 2.37 bits per heavy atom. The lowest BCUT2D eigenvalue weighted by Crippen LogP contribution is -2.23. The second-order valence-electron chi connectivity index (χ2n) is 7.64. The molecular weight excluding hydrogens is 467 g/mol. The van der Waals surface area contributed by atoms with Gasteiger partial charge in [-0.3, -0.25) is 14.3 Å². The number of halogens is 3. The fraction of sp³-hybridized carbons (Fsp3) is 0.182. The van der Waals surface area contributed by atoms with Crippen LogP contribution in [0.3, 0.4) is 0 Å². The molecule has 4 rings (SSSR count). The van der Waals surface area contributed by atoms with Gasteiger partial charge >= 0.3 is 6.18 Å². The summed E-state index contributed by atoms with van der Waals surface area (Å²) in [5.74, 6) is -0.587. The van der Waals surface area contributed by atoms with Gasteiger partial charge in [-0.25, -0.2) is 15.0 Å². The highest BCUT2D eigenvalue weighted by Crippen LogP contribution is 2.31. The maximum Gasteiger partial charge on any atom is 0.417 e. The van der Waals surface area contributed by atoms with Gasteiger partial charge in [-0.2, -0.15) is 18.3 Å². The molecule has 0 bridgehead atoms. The summed E-state index contributed by atoms with van der Waals surface area (Å²) in [6.07, 6.45) is 0.439. The molecule has 0 aliphatic heterocycles. The monoisotopic (exact) mass is 485 g/mol. The van der Waals surface area contributed by atoms with Crippen LogP contribution >= 0.6 is 0 Å². The van der Waals surface area contributed by atoms with Crippen LogP contribution in [0.4, 0.5) is 19.0 Å². The largest absolute Gasteiger partial charge is 0.453 e. The Morgan fingerprint density at radius 2 is 1.77 bits per heavy atom. The average Bonchev–Trinajstić information content (AvgIpc) is 3.19. The number of nitrogens with zero attached hydrogens (tertiary/aromatic N) is 6. The molecule has 0 atom stereocenters. The third-order valence-electron chi connectivity index (χ3n) is 4.75. The normalized spacial score (nSPS) is 11.4. The Hall–Kier alpha value is -4.55. The number of alkyl halides is 3. The number of fused-ring (bicyclic) bond motifs is 1. The number of hydrogen-bond donors (Lipinski definition) is 1. The van der Waals surface area contributed by atoms with E-state index in [2.05, 4.69) is 25.4 Å². The van der Waals surface area contributed by atoms with E-state index in [0.717, 1.165) is 12.1 Å². The van der Waals surface area contributed by atoms with Crippen molar-refractivity contribution >= 4 is 28.5 Å². The number of hydrogen-bond acceptors (Lipinski definition) is 7. The predicted molar refractivity (Wildman–Crippen MR) is 118 cm³/mol. The van der Waals surface area contributed by atoms with E-state index in [0.29, 0.717) is 17.1 Å². The first-order valence-corrected chi connectivity index (χ1v) is 10.0. The first-order chi connectivity index (χ1) is 16.5. The van der Waals surface area contributed by atoms with E-state index >= 15 is 0 Å². The van der Waals surface area contributed by atoms with Crippen molar-refractivity contribution in [1.82, 2.24) is 29.6 Å². The van der Waals surface area contributed by atoms with E-state index in [9.17, 15) is 22.8 Å². The minimum atomic E-state index is -4.53. The first-order valence-electron chi connectivity index (χ1n) is 10.0. The second-order valence-corrected chi connectivity index (χ2v) is 7.64. The maximum absolute atomic E-state index is 12.8. The third kappa shape index (κ3) is 5.18. The van der Waals surface area contributed by atoms with Gasteiger partial charge in [0, 0.05) is 39.1 Å². The zero-order valence-electron chi connectivity index (χ0n) is 18.7. The van der Waals surface area contributed by atoms with Crippen molar-refractivity contribution < 1.29 is 27.5 Å². The molecule has 10 nitrogen and oxygen atoms in total. The topological polar surface area (TPSA) is 115 Å². The lowest BCUT2D eigenvalue weighted by Gasteiger charge is -2.11. The average molecular weight is 485 g/mol. The zero-order chi connectivity index (χ0) is 25.3. The van der Waals surface area contributed by atoms with Crippen LogP contribution in [0.2, 0.25) is 0 Å². The number of aromatic nitrogens is 5. The minimum absolute atomic E-state index is 0.00829. The molecule has 2 amide bonds. The van der Waals surface area contributed by atoms with Crippen LogP contribution in [0.15, 0.2) is 49.1 Å². The summed E-state index contributed by atoms with van der Waals surface area (Å²) in [4.78, 5) is 37.8. The van der Waals surface area contributed by atoms with Crippen molar-refractivity contribution in [2.75, 3.05) is 19.4 Å². The number of carbonyl (C=O) groups excluding carboxylic acids is 2. The SMILES string of the molecule is CN(C)C(=O)c1ncc(Oc2cc(C(=O)Nc3ccc(C(F)(F)F)cn3)cc3nn(C)cc23)cn1. The fourth-order valence-electron chi connectivity index (χ4n) is 3.06. The van der Waals surface area contributed by atoms with Crippen LogP contribution < -0.4 is 10.1 Å². The first kappa shape index (κ1) is 23.6. The Kier molecular flexibility index (Phi) is 6.07. The molecule has 0 saturated heterocycles. The van der Waals surface area contributed by atoms with E-state index in [-0.39, 0.29) is 34.6 Å². The van der Waals surface area contributed by atoms with Gasteiger partial charge in [-0.15, -0.1) is 0 Å². The molecule has 0 saturated carbocycles. The van der Waals surface area contributed by atoms with Gasteiger partial charge in [0.1, 0.15) is 11.6 Å². The van der Waals surface area contributed by atoms with Crippen molar-refractivity contribution in [2.45, 2.75) is 6.18 Å². The van der Waals surface area contributed by atoms with E-state index in [1.807, 2.05) is 0 Å². The number of pyridine rings is 1. The van der Waals surface area contributed by atoms with Crippen LogP contribution in [-0.2, 0) is 13.2 Å². The summed E-state index contributed by atoms with van der Waals surface area (Å²) >= 11 is 0. The number of nitrogens with one attached hydrogen (secondary N) is 1. The summed E-state index contributed by atoms with van der Waals surface area (Å²) in [6.45, 7) is 0. The van der Waals surface area contributed by atoms with Gasteiger partial charge in [-0.05, 0) is 24.3 Å². The van der Waals surface area contributed by atoms with Gasteiger partial charge in [0.25, 0.3) is 11.8 Å². The summed E-state index contributed by atoms with van der Waals surface area (Å²) in [5, 5.41) is 7.34. The van der Waals surface area contributed by atoms with Gasteiger partial charge in [-0.1, -0.05) is 0 Å². The number of aryl methyl sites for hydroxylation is 1. The van der Waals surface area contributed by atoms with Gasteiger partial charge in [0.05, 0.1) is 28.9 Å². The molecule has 13 heteroatoms. The summed E-state index contributed by atoms with van der Waals surface area (Å²) < 4.78 is 45.6. The highest BCUT2D eigenvalue weighted by molar-refractivity contribution is 6.06. The minimum Gasteiger partial charge on any atom is -0.453 e. The third-order valence-corrected chi connectivity index (χ3v) is 4.75. The molecule has 0 aliphatic carbocycles. The van der Waals surface area contributed by atoms with Crippen LogP contribution in [0.5, 0.6) is 11.5 Å². The molecule has 3 heterocycles. The van der Waals surface area contributed by atoms with Crippen molar-refractivity contribution in [1.29, 1.82) is 0 Å². The van der Waals surface area contributed by atoms with Crippen molar-refractivity contribution in [3.63, 3.8) is 0 Å². The molecule has 180 valence electrons. The van der Waals surface area contributed by atoms with Crippen molar-refractivity contribution in [2.24, 2.45) is 7.05 Å². The van der Waals surface area contributed by atoms with E-state index < -0.39 is 17.6 Å². The van der Waals surface area contributed by atoms with Gasteiger partial charge < -0.3 is 15.0 Å². The smallest absolute Gasteiger partial charge is 0.417 e. The molecule has 0 unspecified atom stereocenters. The molecule has 35 heavy (non-hydrogen) atoms. The summed E-state index contributed by atoms with van der Waals surface area (Å²) in [5.41, 5.74) is -0.356. The lowest BCUT2D eigenvalue weighted by molar-refractivity contribution is -0.137. The molecule has 3 aromatic heterocycles. The summed E-state index contributed by atoms with van der Waals surface area (Å²) in [7, 11) is 4.85. The summed E-state index contributed by atoms with van der Waals surface area (Å²) in [6, 6.07) is 4.84. The molecular formula is C22H18F3N7O3. The number of rotatable bonds is 5. The van der Waals surface area contributed by atoms with E-state index in [4.69, 9.17) is 4.74 Å². The molecule has 0 spiro atoms. The Bertz CT molecular complexity index is 1400. The van der Waals surface area contributed by atoms with Crippen LogP contribution in [0, 0.1) is 0 Å². The van der Waals surface area contributed by atoms with Crippen LogP contribution in [0.25, 0.3) is 10.9 Å². The van der Waals surface area contributed by atoms with Crippen molar-refractivity contribution in [3.8, 4) is 11.5 Å². The van der Waals surface area contributed by atoms with Gasteiger partial charge in [0.2, 0.25) is 5.82 Å². The number of amides is 2. The number of benzene rings is 1. The highest BCUT2D eigenvalue weighted by atomic mass is 19.4. The lowest BCUT2D eigenvalue weighted by atomic mass is 10.1. The van der Waals surface area contributed by atoms with Crippen LogP contribution in [0.1, 0.15) is 26.5 Å². The standard InChI is InChI=1S/C22H18F3N7O3/c1-31(2)21(34)19-27-9-14(10-28-19)35-17-7-12(6-16-15(17)11-32(3)30-16)20(33)29-18-5-4-13(8-26-18)22(23,24)25/h4-11H,1-3H3,(H,26,29,33). The maximum atomic E-state index is 12.8. The Labute approximate surface area is 196 Å². The molecule has 0 aliphatic rings. The Morgan fingerprint density at radius 1 is 1.06 bits per heavy atom. The van der Waals surface area contributed by atoms with Gasteiger partial charge in [0.15, 0.2) is 5.75 Å². The molecule has 1 N–H and O–H groups in total. The molecule has 4 aromatic rings. The second kappa shape index (κ2) is 9.00. The highest BCUT2D eigenvalue weighted by Gasteiger charge is 2.30. The molecule has 0 radical (unpaired) electrons. The van der Waals surface area contributed by atoms with Crippen LogP contribution in [-0.4, -0.2) is 55.5 Å². The molecule has 0 fully saturated rings. The molecule has 1 aromatic carbocycles. The predicted octanol–water partition coefficient (Wildman–Crippen LogP) is 3.52. The van der Waals surface area contributed by atoms with Crippen molar-refractivity contribution in [3.05, 3.63) is 66.0 Å². The number of carbonyl (C=O) groups is 2. The van der Waals surface area contributed by atoms with E-state index in [1.165, 1.54) is 34.1 Å².